The second kappa shape index (κ2) is 3.21. The van der Waals surface area contributed by atoms with Gasteiger partial charge in [-0.1, -0.05) is 19.9 Å². The maximum absolute atomic E-state index is 11.3. The molecule has 0 saturated heterocycles. The molecular formula is C10H14O2. The van der Waals surface area contributed by atoms with E-state index in [-0.39, 0.29) is 17.5 Å². The van der Waals surface area contributed by atoms with Crippen LogP contribution in [-0.4, -0.2) is 11.6 Å². The van der Waals surface area contributed by atoms with E-state index in [1.165, 1.54) is 13.0 Å². The van der Waals surface area contributed by atoms with E-state index in [0.29, 0.717) is 5.92 Å². The molecule has 3 atom stereocenters. The predicted octanol–water partition coefficient (Wildman–Crippen LogP) is 1.60. The molecule has 0 radical (unpaired) electrons. The zero-order valence-electron chi connectivity index (χ0n) is 7.70. The van der Waals surface area contributed by atoms with Gasteiger partial charge in [0.2, 0.25) is 0 Å². The Morgan fingerprint density at radius 3 is 2.42 bits per heavy atom. The lowest BCUT2D eigenvalue weighted by molar-refractivity contribution is -0.132. The monoisotopic (exact) mass is 166 g/mol. The average Bonchev–Trinajstić information content (AvgIpc) is 1.97. The molecule has 1 aliphatic carbocycles. The first-order valence-electron chi connectivity index (χ1n) is 4.26. The summed E-state index contributed by atoms with van der Waals surface area (Å²) in [6, 6.07) is 0. The number of allylic oxidation sites excluding steroid dienone is 2. The fourth-order valence-electron chi connectivity index (χ4n) is 1.66. The third-order valence-electron chi connectivity index (χ3n) is 2.66. The smallest absolute Gasteiger partial charge is 0.166 e. The maximum Gasteiger partial charge on any atom is 0.166 e. The summed E-state index contributed by atoms with van der Waals surface area (Å²) in [5, 5.41) is 0. The highest BCUT2D eigenvalue weighted by atomic mass is 16.1. The second-order valence-corrected chi connectivity index (χ2v) is 3.57. The summed E-state index contributed by atoms with van der Waals surface area (Å²) >= 11 is 0. The molecule has 0 fully saturated rings. The van der Waals surface area contributed by atoms with Crippen LogP contribution < -0.4 is 0 Å². The minimum Gasteiger partial charge on any atom is -0.299 e. The number of hydrogen-bond donors (Lipinski definition) is 0. The fraction of sp³-hybridized carbons (Fsp3) is 0.600. The fourth-order valence-corrected chi connectivity index (χ4v) is 1.66. The first kappa shape index (κ1) is 9.17. The largest absolute Gasteiger partial charge is 0.299 e. The van der Waals surface area contributed by atoms with Gasteiger partial charge in [0.1, 0.15) is 5.78 Å². The van der Waals surface area contributed by atoms with E-state index in [1.807, 2.05) is 19.9 Å². The molecule has 0 spiro atoms. The summed E-state index contributed by atoms with van der Waals surface area (Å²) in [7, 11) is 0. The van der Waals surface area contributed by atoms with E-state index in [1.54, 1.807) is 0 Å². The van der Waals surface area contributed by atoms with Crippen LogP contribution in [0.2, 0.25) is 0 Å². The van der Waals surface area contributed by atoms with Crippen molar-refractivity contribution in [2.45, 2.75) is 20.8 Å². The minimum atomic E-state index is -0.398. The van der Waals surface area contributed by atoms with E-state index in [2.05, 4.69) is 0 Å². The molecule has 66 valence electrons. The number of Topliss-reactive ketones (excluding diaryl/α,β-unsaturated/α-hetero) is 1. The zero-order chi connectivity index (χ0) is 9.30. The Balaban J connectivity index is 2.92. The van der Waals surface area contributed by atoms with Crippen molar-refractivity contribution in [1.82, 2.24) is 0 Å². The van der Waals surface area contributed by atoms with Crippen LogP contribution in [0.3, 0.4) is 0 Å². The molecule has 1 rings (SSSR count). The van der Waals surface area contributed by atoms with Crippen molar-refractivity contribution in [2.24, 2.45) is 17.8 Å². The summed E-state index contributed by atoms with van der Waals surface area (Å²) < 4.78 is 0. The highest BCUT2D eigenvalue weighted by Crippen LogP contribution is 2.27. The molecule has 0 aromatic carbocycles. The molecule has 0 amide bonds. The van der Waals surface area contributed by atoms with Gasteiger partial charge in [-0.3, -0.25) is 9.59 Å². The van der Waals surface area contributed by atoms with Crippen LogP contribution in [0.4, 0.5) is 0 Å². The Morgan fingerprint density at radius 1 is 1.42 bits per heavy atom. The summed E-state index contributed by atoms with van der Waals surface area (Å²) in [4.78, 5) is 22.4. The molecule has 1 aliphatic rings. The summed E-state index contributed by atoms with van der Waals surface area (Å²) in [6.07, 6.45) is 3.42. The molecule has 2 nitrogen and oxygen atoms in total. The third kappa shape index (κ3) is 1.47. The van der Waals surface area contributed by atoms with Gasteiger partial charge in [0.25, 0.3) is 0 Å². The maximum atomic E-state index is 11.3. The van der Waals surface area contributed by atoms with Crippen LogP contribution >= 0.6 is 0 Å². The van der Waals surface area contributed by atoms with E-state index >= 15 is 0 Å². The highest BCUT2D eigenvalue weighted by Gasteiger charge is 2.33. The van der Waals surface area contributed by atoms with Crippen LogP contribution in [0.25, 0.3) is 0 Å². The zero-order valence-corrected chi connectivity index (χ0v) is 7.70. The molecule has 2 heteroatoms. The van der Waals surface area contributed by atoms with Crippen molar-refractivity contribution >= 4 is 11.6 Å². The molecule has 0 N–H and O–H groups in total. The van der Waals surface area contributed by atoms with Crippen LogP contribution in [-0.2, 0) is 9.59 Å². The standard InChI is InChI=1S/C10H14O2/c1-6-4-5-9(12)10(7(6)2)8(3)11/h4-7,10H,1-3H3. The first-order chi connectivity index (χ1) is 5.54. The second-order valence-electron chi connectivity index (χ2n) is 3.57. The van der Waals surface area contributed by atoms with Gasteiger partial charge < -0.3 is 0 Å². The van der Waals surface area contributed by atoms with Crippen LogP contribution in [0.15, 0.2) is 12.2 Å². The molecule has 0 aliphatic heterocycles. The Labute approximate surface area is 72.7 Å². The number of hydrogen-bond acceptors (Lipinski definition) is 2. The van der Waals surface area contributed by atoms with E-state index in [9.17, 15) is 9.59 Å². The van der Waals surface area contributed by atoms with Crippen molar-refractivity contribution < 1.29 is 9.59 Å². The SMILES string of the molecule is CC(=O)C1C(=O)C=CC(C)C1C. The number of carbonyl (C=O) groups excluding carboxylic acids is 2. The lowest BCUT2D eigenvalue weighted by Crippen LogP contribution is -2.33. The van der Waals surface area contributed by atoms with Crippen molar-refractivity contribution in [2.75, 3.05) is 0 Å². The Morgan fingerprint density at radius 2 is 2.00 bits per heavy atom. The van der Waals surface area contributed by atoms with Gasteiger partial charge in [-0.05, 0) is 24.8 Å². The van der Waals surface area contributed by atoms with Crippen molar-refractivity contribution in [3.8, 4) is 0 Å². The van der Waals surface area contributed by atoms with Gasteiger partial charge >= 0.3 is 0 Å². The van der Waals surface area contributed by atoms with E-state index in [4.69, 9.17) is 0 Å². The number of ketones is 2. The number of rotatable bonds is 1. The first-order valence-corrected chi connectivity index (χ1v) is 4.26. The Bertz CT molecular complexity index is 240. The molecule has 0 bridgehead atoms. The predicted molar refractivity (Wildman–Crippen MR) is 46.6 cm³/mol. The van der Waals surface area contributed by atoms with Crippen molar-refractivity contribution in [3.63, 3.8) is 0 Å². The van der Waals surface area contributed by atoms with Gasteiger partial charge in [0, 0.05) is 0 Å². The van der Waals surface area contributed by atoms with Gasteiger partial charge in [0.15, 0.2) is 5.78 Å². The normalized spacial score (nSPS) is 35.2. The van der Waals surface area contributed by atoms with Gasteiger partial charge in [0.05, 0.1) is 5.92 Å². The molecule has 0 heterocycles. The van der Waals surface area contributed by atoms with Crippen LogP contribution in [0.5, 0.6) is 0 Å². The topological polar surface area (TPSA) is 34.1 Å². The molecule has 0 aromatic rings. The molecule has 12 heavy (non-hydrogen) atoms. The molecule has 0 aromatic heterocycles. The lowest BCUT2D eigenvalue weighted by atomic mass is 9.75. The van der Waals surface area contributed by atoms with Crippen LogP contribution in [0, 0.1) is 17.8 Å². The average molecular weight is 166 g/mol. The third-order valence-corrected chi connectivity index (χ3v) is 2.66. The van der Waals surface area contributed by atoms with Gasteiger partial charge in [-0.15, -0.1) is 0 Å². The quantitative estimate of drug-likeness (QED) is 0.554. The van der Waals surface area contributed by atoms with Crippen molar-refractivity contribution in [1.29, 1.82) is 0 Å². The molecular weight excluding hydrogens is 152 g/mol. The molecule has 3 unspecified atom stereocenters. The van der Waals surface area contributed by atoms with Crippen molar-refractivity contribution in [3.05, 3.63) is 12.2 Å². The highest BCUT2D eigenvalue weighted by molar-refractivity contribution is 6.07. The summed E-state index contributed by atoms with van der Waals surface area (Å²) in [6.45, 7) is 5.48. The lowest BCUT2D eigenvalue weighted by Gasteiger charge is -2.26. The number of carbonyl (C=O) groups is 2. The van der Waals surface area contributed by atoms with Gasteiger partial charge in [-0.2, -0.15) is 0 Å². The van der Waals surface area contributed by atoms with E-state index < -0.39 is 5.92 Å². The Hall–Kier alpha value is -0.920. The van der Waals surface area contributed by atoms with E-state index in [0.717, 1.165) is 0 Å². The Kier molecular flexibility index (Phi) is 2.46. The summed E-state index contributed by atoms with van der Waals surface area (Å²) in [5.74, 6) is 0.0402. The van der Waals surface area contributed by atoms with Crippen LogP contribution in [0.1, 0.15) is 20.8 Å². The van der Waals surface area contributed by atoms with Gasteiger partial charge in [-0.25, -0.2) is 0 Å². The summed E-state index contributed by atoms with van der Waals surface area (Å²) in [5.41, 5.74) is 0. The molecule has 0 saturated carbocycles. The minimum absolute atomic E-state index is 0.0105.